The second-order valence-electron chi connectivity index (χ2n) is 4.10. The molecule has 0 aliphatic carbocycles. The maximum absolute atomic E-state index is 13.6. The van der Waals surface area contributed by atoms with Crippen LogP contribution in [0.15, 0.2) is 30.3 Å². The topological polar surface area (TPSA) is 3.24 Å². The summed E-state index contributed by atoms with van der Waals surface area (Å²) in [6, 6.07) is 8.12. The number of hydrogen-bond donors (Lipinski definition) is 0. The van der Waals surface area contributed by atoms with Crippen molar-refractivity contribution < 1.29 is 8.78 Å². The summed E-state index contributed by atoms with van der Waals surface area (Å²) in [6.45, 7) is 1.50. The van der Waals surface area contributed by atoms with Crippen molar-refractivity contribution in [3.8, 4) is 0 Å². The molecule has 1 fully saturated rings. The summed E-state index contributed by atoms with van der Waals surface area (Å²) >= 11 is 2.52. The van der Waals surface area contributed by atoms with Crippen molar-refractivity contribution in [3.05, 3.63) is 35.9 Å². The molecule has 1 atom stereocenters. The van der Waals surface area contributed by atoms with Gasteiger partial charge in [0.05, 0.1) is 0 Å². The second-order valence-corrected chi connectivity index (χ2v) is 5.16. The summed E-state index contributed by atoms with van der Waals surface area (Å²) in [4.78, 5) is -1.03. The van der Waals surface area contributed by atoms with Gasteiger partial charge in [-0.15, -0.1) is 0 Å². The zero-order valence-electron chi connectivity index (χ0n) is 8.87. The standard InChI is InChI=1S/C12H14BrF2N/c13-12(14,15)11(16-8-4-5-9-16)10-6-2-1-3-7-10/h1-3,6-7,11H,4-5,8-9H2. The van der Waals surface area contributed by atoms with Gasteiger partial charge in [0.15, 0.2) is 0 Å². The van der Waals surface area contributed by atoms with E-state index >= 15 is 0 Å². The number of benzene rings is 1. The lowest BCUT2D eigenvalue weighted by molar-refractivity contribution is 0.00999. The average Bonchev–Trinajstić information content (AvgIpc) is 2.71. The van der Waals surface area contributed by atoms with Crippen LogP contribution in [0, 0.1) is 0 Å². The smallest absolute Gasteiger partial charge is 0.290 e. The number of hydrogen-bond acceptors (Lipinski definition) is 1. The minimum absolute atomic E-state index is 0.672. The summed E-state index contributed by atoms with van der Waals surface area (Å²) in [5.41, 5.74) is 0.672. The molecule has 1 aromatic carbocycles. The van der Waals surface area contributed by atoms with Gasteiger partial charge in [-0.2, -0.15) is 8.78 Å². The van der Waals surface area contributed by atoms with E-state index in [1.807, 2.05) is 11.0 Å². The first-order valence-corrected chi connectivity index (χ1v) is 6.24. The van der Waals surface area contributed by atoms with Gasteiger partial charge in [-0.1, -0.05) is 30.3 Å². The molecule has 1 aliphatic rings. The van der Waals surface area contributed by atoms with Crippen molar-refractivity contribution in [1.29, 1.82) is 0 Å². The molecule has 1 heterocycles. The minimum Gasteiger partial charge on any atom is -0.290 e. The van der Waals surface area contributed by atoms with E-state index in [-0.39, 0.29) is 0 Å². The average molecular weight is 290 g/mol. The highest BCUT2D eigenvalue weighted by atomic mass is 79.9. The van der Waals surface area contributed by atoms with Crippen molar-refractivity contribution in [2.45, 2.75) is 23.7 Å². The van der Waals surface area contributed by atoms with Crippen LogP contribution in [0.2, 0.25) is 0 Å². The molecule has 0 amide bonds. The van der Waals surface area contributed by atoms with Crippen LogP contribution in [-0.2, 0) is 0 Å². The fraction of sp³-hybridized carbons (Fsp3) is 0.500. The summed E-state index contributed by atoms with van der Waals surface area (Å²) in [7, 11) is 0. The molecule has 0 bridgehead atoms. The molecule has 0 radical (unpaired) electrons. The SMILES string of the molecule is FC(F)(Br)C(c1ccccc1)N1CCCC1. The fourth-order valence-corrected chi connectivity index (χ4v) is 2.80. The molecule has 0 aromatic heterocycles. The van der Waals surface area contributed by atoms with Crippen molar-refractivity contribution in [2.75, 3.05) is 13.1 Å². The molecule has 1 aromatic rings. The van der Waals surface area contributed by atoms with Gasteiger partial charge in [0.25, 0.3) is 0 Å². The van der Waals surface area contributed by atoms with E-state index in [4.69, 9.17) is 0 Å². The maximum atomic E-state index is 13.6. The van der Waals surface area contributed by atoms with E-state index in [2.05, 4.69) is 15.9 Å². The summed E-state index contributed by atoms with van der Waals surface area (Å²) < 4.78 is 27.2. The number of rotatable bonds is 3. The quantitative estimate of drug-likeness (QED) is 0.765. The maximum Gasteiger partial charge on any atom is 0.320 e. The Morgan fingerprint density at radius 1 is 1.12 bits per heavy atom. The molecule has 0 saturated carbocycles. The van der Waals surface area contributed by atoms with Crippen molar-refractivity contribution >= 4 is 15.9 Å². The summed E-state index contributed by atoms with van der Waals surface area (Å²) in [6.07, 6.45) is 2.01. The third-order valence-corrected chi connectivity index (χ3v) is 3.36. The molecule has 1 unspecified atom stereocenters. The van der Waals surface area contributed by atoms with Crippen LogP contribution >= 0.6 is 15.9 Å². The molecule has 16 heavy (non-hydrogen) atoms. The van der Waals surface area contributed by atoms with E-state index < -0.39 is 10.9 Å². The Balaban J connectivity index is 2.28. The molecule has 1 nitrogen and oxygen atoms in total. The van der Waals surface area contributed by atoms with Crippen LogP contribution < -0.4 is 0 Å². The van der Waals surface area contributed by atoms with Gasteiger partial charge in [0.1, 0.15) is 6.04 Å². The van der Waals surface area contributed by atoms with Crippen LogP contribution in [0.25, 0.3) is 0 Å². The van der Waals surface area contributed by atoms with E-state index in [1.54, 1.807) is 24.3 Å². The highest BCUT2D eigenvalue weighted by Crippen LogP contribution is 2.42. The Morgan fingerprint density at radius 2 is 1.69 bits per heavy atom. The molecule has 1 aliphatic heterocycles. The summed E-state index contributed by atoms with van der Waals surface area (Å²) in [5.74, 6) is 0. The minimum atomic E-state index is -2.88. The van der Waals surface area contributed by atoms with E-state index in [1.165, 1.54) is 0 Å². The molecule has 0 spiro atoms. The van der Waals surface area contributed by atoms with Crippen molar-refractivity contribution in [3.63, 3.8) is 0 Å². The van der Waals surface area contributed by atoms with Gasteiger partial charge in [0.2, 0.25) is 0 Å². The Hall–Kier alpha value is -0.480. The number of halogens is 3. The molecule has 0 N–H and O–H groups in total. The monoisotopic (exact) mass is 289 g/mol. The van der Waals surface area contributed by atoms with Gasteiger partial charge >= 0.3 is 4.83 Å². The number of nitrogens with zero attached hydrogens (tertiary/aromatic N) is 1. The first-order valence-electron chi connectivity index (χ1n) is 5.45. The molecule has 4 heteroatoms. The van der Waals surface area contributed by atoms with Gasteiger partial charge in [-0.25, -0.2) is 0 Å². The Bertz CT molecular complexity index is 331. The first kappa shape index (κ1) is 12.0. The molecule has 1 saturated heterocycles. The highest BCUT2D eigenvalue weighted by molar-refractivity contribution is 9.10. The van der Waals surface area contributed by atoms with Crippen molar-refractivity contribution in [2.24, 2.45) is 0 Å². The predicted octanol–water partition coefficient (Wildman–Crippen LogP) is 3.81. The number of alkyl halides is 3. The van der Waals surface area contributed by atoms with E-state index in [9.17, 15) is 8.78 Å². The lowest BCUT2D eigenvalue weighted by Crippen LogP contribution is -2.35. The zero-order chi connectivity index (χ0) is 11.6. The Kier molecular flexibility index (Phi) is 3.60. The third kappa shape index (κ3) is 2.61. The van der Waals surface area contributed by atoms with E-state index in [0.717, 1.165) is 25.9 Å². The highest BCUT2D eigenvalue weighted by Gasteiger charge is 2.42. The fourth-order valence-electron chi connectivity index (χ4n) is 2.24. The van der Waals surface area contributed by atoms with Crippen LogP contribution in [0.5, 0.6) is 0 Å². The largest absolute Gasteiger partial charge is 0.320 e. The number of likely N-dealkylation sites (tertiary alicyclic amines) is 1. The van der Waals surface area contributed by atoms with Crippen LogP contribution in [0.4, 0.5) is 8.78 Å². The predicted molar refractivity (Wildman–Crippen MR) is 63.9 cm³/mol. The summed E-state index contributed by atoms with van der Waals surface area (Å²) in [5, 5.41) is 0. The van der Waals surface area contributed by atoms with Crippen LogP contribution in [0.1, 0.15) is 24.4 Å². The lowest BCUT2D eigenvalue weighted by atomic mass is 10.1. The zero-order valence-corrected chi connectivity index (χ0v) is 10.5. The molecular weight excluding hydrogens is 276 g/mol. The Labute approximate surface area is 103 Å². The second kappa shape index (κ2) is 4.80. The van der Waals surface area contributed by atoms with Gasteiger partial charge in [-0.3, -0.25) is 4.90 Å². The molecule has 2 rings (SSSR count). The lowest BCUT2D eigenvalue weighted by Gasteiger charge is -2.31. The first-order chi connectivity index (χ1) is 7.59. The van der Waals surface area contributed by atoms with Gasteiger partial charge < -0.3 is 0 Å². The van der Waals surface area contributed by atoms with E-state index in [0.29, 0.717) is 5.56 Å². The Morgan fingerprint density at radius 3 is 2.19 bits per heavy atom. The van der Waals surface area contributed by atoms with Crippen molar-refractivity contribution in [1.82, 2.24) is 4.90 Å². The normalized spacial score (nSPS) is 19.9. The van der Waals surface area contributed by atoms with Crippen LogP contribution in [-0.4, -0.2) is 22.8 Å². The van der Waals surface area contributed by atoms with Gasteiger partial charge in [0, 0.05) is 0 Å². The molecular formula is C12H14BrF2N. The molecule has 88 valence electrons. The van der Waals surface area contributed by atoms with Crippen LogP contribution in [0.3, 0.4) is 0 Å². The van der Waals surface area contributed by atoms with Gasteiger partial charge in [-0.05, 0) is 47.4 Å². The third-order valence-electron chi connectivity index (χ3n) is 2.93.